The quantitative estimate of drug-likeness (QED) is 0.437. The van der Waals surface area contributed by atoms with Gasteiger partial charge in [-0.3, -0.25) is 4.79 Å². The Morgan fingerprint density at radius 1 is 1.35 bits per heavy atom. The van der Waals surface area contributed by atoms with Gasteiger partial charge < -0.3 is 15.3 Å². The highest BCUT2D eigenvalue weighted by molar-refractivity contribution is 5.68. The first-order valence-electron chi connectivity index (χ1n) is 9.31. The summed E-state index contributed by atoms with van der Waals surface area (Å²) in [6.07, 6.45) is 9.36. The second-order valence-corrected chi connectivity index (χ2v) is 7.98. The Hall–Kier alpha value is -1.65. The molecule has 0 aromatic carbocycles. The number of carbonyl (C=O) groups is 1. The first-order chi connectivity index (χ1) is 12.0. The second kappa shape index (κ2) is 9.89. The van der Waals surface area contributed by atoms with Crippen molar-refractivity contribution in [3.8, 4) is 0 Å². The Kier molecular flexibility index (Phi) is 8.51. The molecule has 0 spiro atoms. The first kappa shape index (κ1) is 22.4. The summed E-state index contributed by atoms with van der Waals surface area (Å²) in [5, 5.41) is 29.7. The molecule has 3 N–H and O–H groups in total. The molecule has 3 atom stereocenters. The van der Waals surface area contributed by atoms with E-state index in [-0.39, 0.29) is 6.42 Å². The Morgan fingerprint density at radius 3 is 2.58 bits per heavy atom. The smallest absolute Gasteiger partial charge is 0.306 e. The van der Waals surface area contributed by atoms with E-state index in [1.54, 1.807) is 0 Å². The molecular formula is C22H34O4. The predicted molar refractivity (Wildman–Crippen MR) is 106 cm³/mol. The molecular weight excluding hydrogens is 328 g/mol. The summed E-state index contributed by atoms with van der Waals surface area (Å²) in [4.78, 5) is 11.0. The lowest BCUT2D eigenvalue weighted by atomic mass is 9.67. The Balaban J connectivity index is 2.99. The van der Waals surface area contributed by atoms with Gasteiger partial charge in [0.25, 0.3) is 0 Å². The maximum atomic E-state index is 11.0. The van der Waals surface area contributed by atoms with Crippen LogP contribution < -0.4 is 0 Å². The molecule has 4 nitrogen and oxygen atoms in total. The van der Waals surface area contributed by atoms with Crippen LogP contribution in [0.3, 0.4) is 0 Å². The summed E-state index contributed by atoms with van der Waals surface area (Å²) < 4.78 is 0. The molecule has 1 rings (SSSR count). The lowest BCUT2D eigenvalue weighted by Gasteiger charge is -2.39. The van der Waals surface area contributed by atoms with Crippen LogP contribution in [0.4, 0.5) is 0 Å². The predicted octanol–water partition coefficient (Wildman–Crippen LogP) is 4.55. The van der Waals surface area contributed by atoms with Crippen LogP contribution in [-0.4, -0.2) is 33.5 Å². The fraction of sp³-hybridized carbons (Fsp3) is 0.591. The van der Waals surface area contributed by atoms with Crippen molar-refractivity contribution in [1.82, 2.24) is 0 Å². The van der Waals surface area contributed by atoms with Gasteiger partial charge >= 0.3 is 5.97 Å². The van der Waals surface area contributed by atoms with Crippen molar-refractivity contribution in [3.05, 3.63) is 46.6 Å². The van der Waals surface area contributed by atoms with E-state index in [1.165, 1.54) is 11.1 Å². The SMILES string of the molecule is CC(C)=CCC/C(C)=C/C=C/C1(C)CC(O)CC(C)=C1C(O)CC(=O)O. The van der Waals surface area contributed by atoms with E-state index in [1.807, 2.05) is 26.0 Å². The van der Waals surface area contributed by atoms with Gasteiger partial charge in [0.2, 0.25) is 0 Å². The maximum Gasteiger partial charge on any atom is 0.306 e. The molecule has 4 heteroatoms. The number of aliphatic hydroxyl groups is 2. The van der Waals surface area contributed by atoms with Crippen LogP contribution in [-0.2, 0) is 4.79 Å². The highest BCUT2D eigenvalue weighted by atomic mass is 16.4. The number of carboxylic acids is 1. The molecule has 0 aliphatic heterocycles. The highest BCUT2D eigenvalue weighted by Crippen LogP contribution is 2.44. The summed E-state index contributed by atoms with van der Waals surface area (Å²) in [6.45, 7) is 10.1. The van der Waals surface area contributed by atoms with Crippen molar-refractivity contribution >= 4 is 5.97 Å². The zero-order valence-electron chi connectivity index (χ0n) is 16.7. The number of allylic oxidation sites excluding steroid dienone is 6. The lowest BCUT2D eigenvalue weighted by Crippen LogP contribution is -2.36. The molecule has 3 unspecified atom stereocenters. The molecule has 0 saturated carbocycles. The summed E-state index contributed by atoms with van der Waals surface area (Å²) in [5.74, 6) is -1.02. The molecule has 146 valence electrons. The van der Waals surface area contributed by atoms with Crippen LogP contribution in [0.15, 0.2) is 46.6 Å². The monoisotopic (exact) mass is 362 g/mol. The van der Waals surface area contributed by atoms with E-state index in [0.29, 0.717) is 12.8 Å². The third kappa shape index (κ3) is 6.93. The van der Waals surface area contributed by atoms with Gasteiger partial charge in [0, 0.05) is 5.41 Å². The Labute approximate surface area is 157 Å². The lowest BCUT2D eigenvalue weighted by molar-refractivity contribution is -0.138. The number of aliphatic carboxylic acids is 1. The fourth-order valence-electron chi connectivity index (χ4n) is 3.81. The van der Waals surface area contributed by atoms with Gasteiger partial charge in [-0.25, -0.2) is 0 Å². The fourth-order valence-corrected chi connectivity index (χ4v) is 3.81. The van der Waals surface area contributed by atoms with Crippen LogP contribution in [0.2, 0.25) is 0 Å². The molecule has 0 aromatic heterocycles. The van der Waals surface area contributed by atoms with Crippen molar-refractivity contribution in [2.75, 3.05) is 0 Å². The average molecular weight is 363 g/mol. The zero-order valence-corrected chi connectivity index (χ0v) is 16.7. The molecule has 0 amide bonds. The minimum Gasteiger partial charge on any atom is -0.481 e. The van der Waals surface area contributed by atoms with Crippen molar-refractivity contribution in [1.29, 1.82) is 0 Å². The average Bonchev–Trinajstić information content (AvgIpc) is 2.44. The molecule has 0 aromatic rings. The van der Waals surface area contributed by atoms with E-state index < -0.39 is 23.6 Å². The number of hydrogen-bond donors (Lipinski definition) is 3. The van der Waals surface area contributed by atoms with Crippen molar-refractivity contribution in [3.63, 3.8) is 0 Å². The summed E-state index contributed by atoms with van der Waals surface area (Å²) in [5.41, 5.74) is 3.64. The Morgan fingerprint density at radius 2 is 2.00 bits per heavy atom. The van der Waals surface area contributed by atoms with E-state index in [4.69, 9.17) is 5.11 Å². The first-order valence-corrected chi connectivity index (χ1v) is 9.31. The topological polar surface area (TPSA) is 77.8 Å². The van der Waals surface area contributed by atoms with E-state index in [2.05, 4.69) is 32.9 Å². The summed E-state index contributed by atoms with van der Waals surface area (Å²) in [7, 11) is 0. The van der Waals surface area contributed by atoms with Crippen LogP contribution in [0.1, 0.15) is 66.7 Å². The minimum atomic E-state index is -1.03. The van der Waals surface area contributed by atoms with Gasteiger partial charge in [-0.05, 0) is 59.0 Å². The van der Waals surface area contributed by atoms with Gasteiger partial charge in [0.05, 0.1) is 18.6 Å². The number of hydrogen-bond acceptors (Lipinski definition) is 3. The van der Waals surface area contributed by atoms with Crippen molar-refractivity contribution in [2.45, 2.75) is 78.9 Å². The van der Waals surface area contributed by atoms with Crippen LogP contribution in [0.5, 0.6) is 0 Å². The van der Waals surface area contributed by atoms with Gasteiger partial charge in [0.15, 0.2) is 0 Å². The standard InChI is InChI=1S/C22H34O4/c1-15(2)8-6-9-16(3)10-7-11-22(5)14-18(23)12-17(4)21(22)19(24)13-20(25)26/h7-8,10-11,18-19,23-24H,6,9,12-14H2,1-5H3,(H,25,26)/b11-7+,16-10+. The van der Waals surface area contributed by atoms with E-state index in [9.17, 15) is 15.0 Å². The highest BCUT2D eigenvalue weighted by Gasteiger charge is 2.38. The zero-order chi connectivity index (χ0) is 19.9. The third-order valence-electron chi connectivity index (χ3n) is 4.91. The van der Waals surface area contributed by atoms with Gasteiger partial charge in [0.1, 0.15) is 0 Å². The van der Waals surface area contributed by atoms with E-state index in [0.717, 1.165) is 24.0 Å². The molecule has 1 aliphatic rings. The Bertz CT molecular complexity index is 620. The second-order valence-electron chi connectivity index (χ2n) is 7.98. The molecule has 26 heavy (non-hydrogen) atoms. The van der Waals surface area contributed by atoms with Gasteiger partial charge in [-0.1, -0.05) is 47.9 Å². The van der Waals surface area contributed by atoms with E-state index >= 15 is 0 Å². The summed E-state index contributed by atoms with van der Waals surface area (Å²) in [6, 6.07) is 0. The molecule has 0 bridgehead atoms. The maximum absolute atomic E-state index is 11.0. The van der Waals surface area contributed by atoms with Gasteiger partial charge in [-0.2, -0.15) is 0 Å². The molecule has 0 fully saturated rings. The normalized spacial score (nSPS) is 25.5. The van der Waals surface area contributed by atoms with Crippen LogP contribution in [0.25, 0.3) is 0 Å². The van der Waals surface area contributed by atoms with Crippen LogP contribution >= 0.6 is 0 Å². The molecule has 0 radical (unpaired) electrons. The summed E-state index contributed by atoms with van der Waals surface area (Å²) >= 11 is 0. The molecule has 1 aliphatic carbocycles. The molecule has 0 heterocycles. The number of aliphatic hydroxyl groups excluding tert-OH is 2. The third-order valence-corrected chi connectivity index (χ3v) is 4.91. The number of rotatable bonds is 8. The van der Waals surface area contributed by atoms with Gasteiger partial charge in [-0.15, -0.1) is 0 Å². The largest absolute Gasteiger partial charge is 0.481 e. The van der Waals surface area contributed by atoms with Crippen molar-refractivity contribution in [2.24, 2.45) is 5.41 Å². The van der Waals surface area contributed by atoms with Crippen LogP contribution in [0, 0.1) is 5.41 Å². The molecule has 0 saturated heterocycles. The number of carboxylic acid groups (broad SMARTS) is 1. The minimum absolute atomic E-state index is 0.316. The van der Waals surface area contributed by atoms with Crippen molar-refractivity contribution < 1.29 is 20.1 Å².